The van der Waals surface area contributed by atoms with Gasteiger partial charge in [-0.1, -0.05) is 6.07 Å². The van der Waals surface area contributed by atoms with E-state index in [4.69, 9.17) is 0 Å². The maximum absolute atomic E-state index is 13.2. The van der Waals surface area contributed by atoms with Crippen molar-refractivity contribution in [1.29, 1.82) is 0 Å². The first-order chi connectivity index (χ1) is 9.60. The number of anilines is 2. The zero-order valence-corrected chi connectivity index (χ0v) is 12.1. The molecule has 0 saturated heterocycles. The van der Waals surface area contributed by atoms with Gasteiger partial charge in [0, 0.05) is 24.5 Å². The maximum atomic E-state index is 13.2. The van der Waals surface area contributed by atoms with Crippen LogP contribution in [0.4, 0.5) is 15.2 Å². The minimum atomic E-state index is -0.281. The summed E-state index contributed by atoms with van der Waals surface area (Å²) in [7, 11) is 3.20. The van der Waals surface area contributed by atoms with Gasteiger partial charge in [0.15, 0.2) is 5.13 Å². The predicted molar refractivity (Wildman–Crippen MR) is 76.9 cm³/mol. The number of thiazole rings is 1. The van der Waals surface area contributed by atoms with Crippen LogP contribution in [0.25, 0.3) is 0 Å². The topological polar surface area (TPSA) is 42.4 Å². The normalized spacial score (nSPS) is 10.3. The van der Waals surface area contributed by atoms with Crippen molar-refractivity contribution in [2.45, 2.75) is 12.8 Å². The van der Waals surface area contributed by atoms with Crippen LogP contribution in [0.2, 0.25) is 0 Å². The highest BCUT2D eigenvalue weighted by Crippen LogP contribution is 2.27. The zero-order valence-electron chi connectivity index (χ0n) is 11.3. The Morgan fingerprint density at radius 1 is 1.50 bits per heavy atom. The molecule has 0 bridgehead atoms. The average Bonchev–Trinajstić information content (AvgIpc) is 2.92. The third-order valence-corrected chi connectivity index (χ3v) is 3.80. The third kappa shape index (κ3) is 3.54. The van der Waals surface area contributed by atoms with E-state index in [1.54, 1.807) is 6.07 Å². The van der Waals surface area contributed by atoms with Crippen LogP contribution in [-0.4, -0.2) is 25.1 Å². The van der Waals surface area contributed by atoms with Gasteiger partial charge >= 0.3 is 5.97 Å². The monoisotopic (exact) mass is 294 g/mol. The molecule has 0 atom stereocenters. The molecule has 0 amide bonds. The summed E-state index contributed by atoms with van der Waals surface area (Å²) in [6.45, 7) is 0. The van der Waals surface area contributed by atoms with Gasteiger partial charge in [-0.2, -0.15) is 0 Å². The maximum Gasteiger partial charge on any atom is 0.305 e. The molecule has 0 radical (unpaired) electrons. The first kappa shape index (κ1) is 14.5. The van der Waals surface area contributed by atoms with Gasteiger partial charge in [-0.05, 0) is 18.2 Å². The minimum absolute atomic E-state index is 0.252. The lowest BCUT2D eigenvalue weighted by Gasteiger charge is -2.15. The lowest BCUT2D eigenvalue weighted by molar-refractivity contribution is -0.140. The standard InChI is InChI=1S/C14H15FN2O2S/c1-17(12-5-3-4-10(15)8-12)14-16-11(9-20-14)6-7-13(18)19-2/h3-5,8-9H,6-7H2,1-2H3. The van der Waals surface area contributed by atoms with Crippen molar-refractivity contribution in [3.05, 3.63) is 41.2 Å². The van der Waals surface area contributed by atoms with E-state index >= 15 is 0 Å². The average molecular weight is 294 g/mol. The van der Waals surface area contributed by atoms with E-state index in [2.05, 4.69) is 9.72 Å². The molecule has 106 valence electrons. The fourth-order valence-electron chi connectivity index (χ4n) is 1.69. The minimum Gasteiger partial charge on any atom is -0.469 e. The van der Waals surface area contributed by atoms with Crippen LogP contribution in [0.5, 0.6) is 0 Å². The number of halogens is 1. The highest BCUT2D eigenvalue weighted by atomic mass is 32.1. The molecule has 0 spiro atoms. The summed E-state index contributed by atoms with van der Waals surface area (Å²) in [6.07, 6.45) is 0.851. The van der Waals surface area contributed by atoms with Crippen LogP contribution in [0.15, 0.2) is 29.6 Å². The van der Waals surface area contributed by atoms with E-state index in [0.29, 0.717) is 12.8 Å². The van der Waals surface area contributed by atoms with Crippen LogP contribution < -0.4 is 4.90 Å². The van der Waals surface area contributed by atoms with E-state index < -0.39 is 0 Å². The van der Waals surface area contributed by atoms with Crippen molar-refractivity contribution >= 4 is 28.1 Å². The lowest BCUT2D eigenvalue weighted by atomic mass is 10.2. The molecule has 0 fully saturated rings. The predicted octanol–water partition coefficient (Wildman–Crippen LogP) is 3.16. The number of hydrogen-bond donors (Lipinski definition) is 0. The van der Waals surface area contributed by atoms with E-state index in [0.717, 1.165) is 16.5 Å². The van der Waals surface area contributed by atoms with Gasteiger partial charge in [-0.3, -0.25) is 4.79 Å². The van der Waals surface area contributed by atoms with Gasteiger partial charge in [-0.15, -0.1) is 11.3 Å². The number of rotatable bonds is 5. The molecule has 20 heavy (non-hydrogen) atoms. The smallest absolute Gasteiger partial charge is 0.305 e. The molecule has 1 aromatic carbocycles. The summed E-state index contributed by atoms with van der Waals surface area (Å²) in [4.78, 5) is 17.3. The summed E-state index contributed by atoms with van der Waals surface area (Å²) < 4.78 is 17.8. The number of ether oxygens (including phenoxy) is 1. The Hall–Kier alpha value is -1.95. The summed E-state index contributed by atoms with van der Waals surface area (Å²) in [5.74, 6) is -0.533. The van der Waals surface area contributed by atoms with Crippen molar-refractivity contribution in [3.63, 3.8) is 0 Å². The second kappa shape index (κ2) is 6.47. The van der Waals surface area contributed by atoms with Gasteiger partial charge in [0.1, 0.15) is 5.82 Å². The molecule has 0 saturated carbocycles. The first-order valence-electron chi connectivity index (χ1n) is 6.10. The molecule has 0 aliphatic carbocycles. The second-order valence-electron chi connectivity index (χ2n) is 4.24. The lowest BCUT2D eigenvalue weighted by Crippen LogP contribution is -2.09. The Labute approximate surface area is 120 Å². The van der Waals surface area contributed by atoms with E-state index in [1.807, 2.05) is 23.4 Å². The molecular weight excluding hydrogens is 279 g/mol. The third-order valence-electron chi connectivity index (χ3n) is 2.83. The van der Waals surface area contributed by atoms with E-state index in [-0.39, 0.29) is 11.8 Å². The molecule has 4 nitrogen and oxygen atoms in total. The number of aryl methyl sites for hydroxylation is 1. The summed E-state index contributed by atoms with van der Waals surface area (Å²) >= 11 is 1.46. The number of benzene rings is 1. The van der Waals surface area contributed by atoms with Gasteiger partial charge in [0.25, 0.3) is 0 Å². The van der Waals surface area contributed by atoms with Gasteiger partial charge in [0.2, 0.25) is 0 Å². The number of hydrogen-bond acceptors (Lipinski definition) is 5. The van der Waals surface area contributed by atoms with Gasteiger partial charge in [0.05, 0.1) is 19.2 Å². The zero-order chi connectivity index (χ0) is 14.5. The Kier molecular flexibility index (Phi) is 4.68. The van der Waals surface area contributed by atoms with Gasteiger partial charge < -0.3 is 9.64 Å². The highest BCUT2D eigenvalue weighted by molar-refractivity contribution is 7.13. The number of carbonyl (C=O) groups is 1. The molecule has 1 heterocycles. The molecular formula is C14H15FN2O2S. The number of esters is 1. The van der Waals surface area contributed by atoms with Crippen molar-refractivity contribution in [3.8, 4) is 0 Å². The summed E-state index contributed by atoms with van der Waals surface area (Å²) in [5, 5.41) is 2.66. The first-order valence-corrected chi connectivity index (χ1v) is 6.98. The van der Waals surface area contributed by atoms with Crippen molar-refractivity contribution in [2.75, 3.05) is 19.1 Å². The molecule has 2 rings (SSSR count). The fraction of sp³-hybridized carbons (Fsp3) is 0.286. The molecule has 0 aliphatic rings. The van der Waals surface area contributed by atoms with Crippen LogP contribution in [0, 0.1) is 5.82 Å². The fourth-order valence-corrected chi connectivity index (χ4v) is 2.54. The SMILES string of the molecule is COC(=O)CCc1csc(N(C)c2cccc(F)c2)n1. The highest BCUT2D eigenvalue weighted by Gasteiger charge is 2.11. The van der Waals surface area contributed by atoms with Crippen LogP contribution in [0.3, 0.4) is 0 Å². The van der Waals surface area contributed by atoms with Gasteiger partial charge in [-0.25, -0.2) is 9.37 Å². The summed E-state index contributed by atoms with van der Waals surface area (Å²) in [5.41, 5.74) is 1.57. The molecule has 1 aromatic heterocycles. The van der Waals surface area contributed by atoms with Crippen molar-refractivity contribution in [2.24, 2.45) is 0 Å². The van der Waals surface area contributed by atoms with E-state index in [1.165, 1.54) is 30.6 Å². The molecule has 6 heteroatoms. The number of methoxy groups -OCH3 is 1. The number of aromatic nitrogens is 1. The second-order valence-corrected chi connectivity index (χ2v) is 5.07. The Balaban J connectivity index is 2.06. The van der Waals surface area contributed by atoms with Crippen molar-refractivity contribution < 1.29 is 13.9 Å². The molecule has 0 N–H and O–H groups in total. The van der Waals surface area contributed by atoms with Crippen LogP contribution >= 0.6 is 11.3 Å². The quantitative estimate of drug-likeness (QED) is 0.794. The molecule has 0 unspecified atom stereocenters. The summed E-state index contributed by atoms with van der Waals surface area (Å²) in [6, 6.07) is 6.34. The van der Waals surface area contributed by atoms with Crippen molar-refractivity contribution in [1.82, 2.24) is 4.98 Å². The molecule has 0 aliphatic heterocycles. The largest absolute Gasteiger partial charge is 0.469 e. The number of carbonyl (C=O) groups excluding carboxylic acids is 1. The van der Waals surface area contributed by atoms with Crippen LogP contribution in [0.1, 0.15) is 12.1 Å². The Morgan fingerprint density at radius 3 is 3.00 bits per heavy atom. The van der Waals surface area contributed by atoms with Crippen LogP contribution in [-0.2, 0) is 16.0 Å². The Bertz CT molecular complexity index is 600. The number of nitrogens with zero attached hydrogens (tertiary/aromatic N) is 2. The van der Waals surface area contributed by atoms with E-state index in [9.17, 15) is 9.18 Å². The Morgan fingerprint density at radius 2 is 2.30 bits per heavy atom. The molecule has 2 aromatic rings.